The lowest BCUT2D eigenvalue weighted by molar-refractivity contribution is 0.0695. The number of fused-ring (bicyclic) bond motifs is 1. The third-order valence-corrected chi connectivity index (χ3v) is 4.28. The highest BCUT2D eigenvalue weighted by atomic mass is 19.1. The summed E-state index contributed by atoms with van der Waals surface area (Å²) in [4.78, 5) is 23.6. The molecule has 0 unspecified atom stereocenters. The van der Waals surface area contributed by atoms with Gasteiger partial charge >= 0.3 is 5.97 Å². The average molecular weight is 358 g/mol. The van der Waals surface area contributed by atoms with Crippen LogP contribution in [-0.2, 0) is 13.1 Å². The molecule has 0 spiro atoms. The molecule has 3 N–H and O–H groups in total. The van der Waals surface area contributed by atoms with Gasteiger partial charge < -0.3 is 15.4 Å². The number of aromatic carboxylic acids is 1. The number of carboxylic acid groups (broad SMARTS) is 1. The number of nitrogens with two attached hydrogens (primary N) is 1. The van der Waals surface area contributed by atoms with Crippen LogP contribution in [0.1, 0.15) is 22.8 Å². The van der Waals surface area contributed by atoms with E-state index < -0.39 is 28.6 Å². The number of benzene rings is 2. The van der Waals surface area contributed by atoms with Crippen LogP contribution < -0.4 is 11.2 Å². The van der Waals surface area contributed by atoms with E-state index >= 15 is 4.39 Å². The van der Waals surface area contributed by atoms with Crippen molar-refractivity contribution in [3.05, 3.63) is 69.5 Å². The van der Waals surface area contributed by atoms with Gasteiger partial charge in [0.15, 0.2) is 5.82 Å². The standard InChI is InChI=1S/C19H16F2N2O3/c1-2-23-9-13(19(25)26)18(24)12-7-14(20)15(16(21)17(12)23)11-5-3-4-10(6-11)8-22/h3-7,9H,2,8,22H2,1H3,(H,25,26). The fraction of sp³-hybridized carbons (Fsp3) is 0.158. The molecule has 0 saturated carbocycles. The van der Waals surface area contributed by atoms with Gasteiger partial charge in [0.2, 0.25) is 5.43 Å². The summed E-state index contributed by atoms with van der Waals surface area (Å²) in [6.07, 6.45) is 1.08. The summed E-state index contributed by atoms with van der Waals surface area (Å²) in [5, 5.41) is 8.86. The number of halogens is 2. The normalized spacial score (nSPS) is 11.1. The molecule has 1 aromatic heterocycles. The van der Waals surface area contributed by atoms with Gasteiger partial charge in [0.05, 0.1) is 16.5 Å². The van der Waals surface area contributed by atoms with Gasteiger partial charge in [0.25, 0.3) is 0 Å². The van der Waals surface area contributed by atoms with E-state index in [2.05, 4.69) is 0 Å². The molecule has 0 atom stereocenters. The number of aryl methyl sites for hydroxylation is 1. The quantitative estimate of drug-likeness (QED) is 0.750. The van der Waals surface area contributed by atoms with Gasteiger partial charge in [0, 0.05) is 19.3 Å². The Hall–Kier alpha value is -3.06. The van der Waals surface area contributed by atoms with E-state index in [4.69, 9.17) is 10.8 Å². The van der Waals surface area contributed by atoms with Crippen molar-refractivity contribution in [1.29, 1.82) is 0 Å². The topological polar surface area (TPSA) is 85.3 Å². The number of hydrogen-bond acceptors (Lipinski definition) is 3. The molecule has 0 aliphatic carbocycles. The van der Waals surface area contributed by atoms with E-state index in [-0.39, 0.29) is 29.6 Å². The Labute approximate surface area is 147 Å². The number of hydrogen-bond donors (Lipinski definition) is 2. The predicted molar refractivity (Wildman–Crippen MR) is 94.1 cm³/mol. The zero-order chi connectivity index (χ0) is 19.0. The molecule has 134 valence electrons. The van der Waals surface area contributed by atoms with Crippen LogP contribution in [0.5, 0.6) is 0 Å². The van der Waals surface area contributed by atoms with Gasteiger partial charge in [-0.15, -0.1) is 0 Å². The third-order valence-electron chi connectivity index (χ3n) is 4.28. The first kappa shape index (κ1) is 17.8. The van der Waals surface area contributed by atoms with Crippen molar-refractivity contribution in [3.63, 3.8) is 0 Å². The molecule has 26 heavy (non-hydrogen) atoms. The van der Waals surface area contributed by atoms with Gasteiger partial charge in [-0.1, -0.05) is 18.2 Å². The van der Waals surface area contributed by atoms with Crippen molar-refractivity contribution in [2.75, 3.05) is 0 Å². The maximum Gasteiger partial charge on any atom is 0.341 e. The van der Waals surface area contributed by atoms with E-state index in [0.717, 1.165) is 12.3 Å². The van der Waals surface area contributed by atoms with Gasteiger partial charge in [0.1, 0.15) is 11.4 Å². The van der Waals surface area contributed by atoms with Crippen LogP contribution in [0.15, 0.2) is 41.3 Å². The molecule has 2 aromatic carbocycles. The van der Waals surface area contributed by atoms with Crippen molar-refractivity contribution >= 4 is 16.9 Å². The minimum absolute atomic E-state index is 0.128. The molecule has 0 fully saturated rings. The fourth-order valence-corrected chi connectivity index (χ4v) is 3.01. The molecule has 3 rings (SSSR count). The molecule has 0 aliphatic heterocycles. The van der Waals surface area contributed by atoms with Gasteiger partial charge in [-0.2, -0.15) is 0 Å². The summed E-state index contributed by atoms with van der Waals surface area (Å²) in [7, 11) is 0. The Morgan fingerprint density at radius 2 is 2.00 bits per heavy atom. The molecular weight excluding hydrogens is 342 g/mol. The van der Waals surface area contributed by atoms with Crippen LogP contribution >= 0.6 is 0 Å². The number of carbonyl (C=O) groups is 1. The van der Waals surface area contributed by atoms with Crippen LogP contribution in [0.4, 0.5) is 8.78 Å². The number of nitrogens with zero attached hydrogens (tertiary/aromatic N) is 1. The zero-order valence-corrected chi connectivity index (χ0v) is 13.9. The van der Waals surface area contributed by atoms with E-state index in [1.54, 1.807) is 31.2 Å². The fourth-order valence-electron chi connectivity index (χ4n) is 3.01. The van der Waals surface area contributed by atoms with Crippen LogP contribution in [0.3, 0.4) is 0 Å². The highest BCUT2D eigenvalue weighted by Crippen LogP contribution is 2.31. The van der Waals surface area contributed by atoms with Crippen LogP contribution in [0.2, 0.25) is 0 Å². The van der Waals surface area contributed by atoms with Crippen LogP contribution in [-0.4, -0.2) is 15.6 Å². The molecule has 7 heteroatoms. The lowest BCUT2D eigenvalue weighted by atomic mass is 9.99. The first-order chi connectivity index (χ1) is 12.4. The molecule has 0 saturated heterocycles. The minimum atomic E-state index is -1.44. The smallest absolute Gasteiger partial charge is 0.341 e. The van der Waals surface area contributed by atoms with E-state index in [1.807, 2.05) is 0 Å². The summed E-state index contributed by atoms with van der Waals surface area (Å²) in [5.41, 5.74) is 4.72. The lowest BCUT2D eigenvalue weighted by Crippen LogP contribution is -2.20. The monoisotopic (exact) mass is 358 g/mol. The van der Waals surface area contributed by atoms with Crippen molar-refractivity contribution in [1.82, 2.24) is 4.57 Å². The van der Waals surface area contributed by atoms with Gasteiger partial charge in [-0.3, -0.25) is 4.79 Å². The van der Waals surface area contributed by atoms with Crippen LogP contribution in [0.25, 0.3) is 22.0 Å². The molecule has 0 bridgehead atoms. The Bertz CT molecular complexity index is 1090. The molecule has 0 radical (unpaired) electrons. The highest BCUT2D eigenvalue weighted by molar-refractivity contribution is 5.94. The molecule has 1 heterocycles. The van der Waals surface area contributed by atoms with Gasteiger partial charge in [-0.25, -0.2) is 13.6 Å². The summed E-state index contributed by atoms with van der Waals surface area (Å²) in [6, 6.07) is 7.39. The summed E-state index contributed by atoms with van der Waals surface area (Å²) in [5.74, 6) is -3.30. The lowest BCUT2D eigenvalue weighted by Gasteiger charge is -2.15. The summed E-state index contributed by atoms with van der Waals surface area (Å²) in [6.45, 7) is 2.10. The van der Waals surface area contributed by atoms with Crippen molar-refractivity contribution in [2.45, 2.75) is 20.0 Å². The molecular formula is C19H16F2N2O3. The second kappa shape index (κ2) is 6.68. The summed E-state index contributed by atoms with van der Waals surface area (Å²) >= 11 is 0. The average Bonchev–Trinajstić information content (AvgIpc) is 2.62. The maximum atomic E-state index is 15.2. The zero-order valence-electron chi connectivity index (χ0n) is 13.9. The molecule has 0 aliphatic rings. The second-order valence-corrected chi connectivity index (χ2v) is 5.81. The predicted octanol–water partition coefficient (Wildman–Crippen LogP) is 3.12. The Morgan fingerprint density at radius 3 is 2.62 bits per heavy atom. The van der Waals surface area contributed by atoms with Crippen molar-refractivity contribution in [3.8, 4) is 11.1 Å². The molecule has 5 nitrogen and oxygen atoms in total. The first-order valence-electron chi connectivity index (χ1n) is 7.96. The largest absolute Gasteiger partial charge is 0.477 e. The summed E-state index contributed by atoms with van der Waals surface area (Å²) < 4.78 is 31.2. The van der Waals surface area contributed by atoms with Gasteiger partial charge in [-0.05, 0) is 30.2 Å². The molecule has 0 amide bonds. The Morgan fingerprint density at radius 1 is 1.27 bits per heavy atom. The van der Waals surface area contributed by atoms with E-state index in [9.17, 15) is 14.0 Å². The maximum absolute atomic E-state index is 15.2. The van der Waals surface area contributed by atoms with E-state index in [0.29, 0.717) is 11.1 Å². The van der Waals surface area contributed by atoms with Crippen molar-refractivity contribution in [2.24, 2.45) is 5.73 Å². The second-order valence-electron chi connectivity index (χ2n) is 5.81. The minimum Gasteiger partial charge on any atom is -0.477 e. The van der Waals surface area contributed by atoms with Crippen LogP contribution in [0, 0.1) is 11.6 Å². The number of carboxylic acids is 1. The van der Waals surface area contributed by atoms with Crippen molar-refractivity contribution < 1.29 is 18.7 Å². The SMILES string of the molecule is CCn1cc(C(=O)O)c(=O)c2cc(F)c(-c3cccc(CN)c3)c(F)c21. The number of aromatic nitrogens is 1. The highest BCUT2D eigenvalue weighted by Gasteiger charge is 2.22. The Balaban J connectivity index is 2.43. The third kappa shape index (κ3) is 2.76. The number of rotatable bonds is 4. The Kier molecular flexibility index (Phi) is 4.56. The first-order valence-corrected chi connectivity index (χ1v) is 7.96. The number of pyridine rings is 1. The molecule has 3 aromatic rings. The van der Waals surface area contributed by atoms with E-state index in [1.165, 1.54) is 4.57 Å².